The van der Waals surface area contributed by atoms with Gasteiger partial charge in [0, 0.05) is 45.8 Å². The first kappa shape index (κ1) is 40.5. The maximum atomic E-state index is 12.7. The lowest BCUT2D eigenvalue weighted by Crippen LogP contribution is -2.60. The number of sulfonamides is 1. The molecule has 0 atom stereocenters. The van der Waals surface area contributed by atoms with Crippen LogP contribution in [0.2, 0.25) is 0 Å². The Bertz CT molecular complexity index is 984. The molecule has 0 saturated carbocycles. The van der Waals surface area contributed by atoms with Crippen molar-refractivity contribution >= 4 is 28.6 Å². The van der Waals surface area contributed by atoms with E-state index in [1.54, 1.807) is 30.3 Å². The van der Waals surface area contributed by atoms with E-state index in [4.69, 9.17) is 28.4 Å². The van der Waals surface area contributed by atoms with Crippen LogP contribution in [0.15, 0.2) is 35.2 Å². The third kappa shape index (κ3) is 21.0. The predicted octanol–water partition coefficient (Wildman–Crippen LogP) is 1.47. The molecule has 1 rings (SSSR count). The number of aldehydes is 2. The first-order valence-corrected chi connectivity index (χ1v) is 16.8. The summed E-state index contributed by atoms with van der Waals surface area (Å²) in [6.07, 6.45) is 3.88. The van der Waals surface area contributed by atoms with Crippen molar-refractivity contribution < 1.29 is 51.2 Å². The molecule has 15 heteroatoms. The fraction of sp³-hybridized carbons (Fsp3) is 0.700. The van der Waals surface area contributed by atoms with Crippen molar-refractivity contribution in [1.82, 2.24) is 15.4 Å². The van der Waals surface area contributed by atoms with Crippen molar-refractivity contribution in [2.45, 2.75) is 49.5 Å². The van der Waals surface area contributed by atoms with Crippen LogP contribution in [0.5, 0.6) is 0 Å². The highest BCUT2D eigenvalue weighted by Gasteiger charge is 2.33. The highest BCUT2D eigenvalue weighted by molar-refractivity contribution is 7.89. The Balaban J connectivity index is 2.17. The number of urea groups is 1. The van der Waals surface area contributed by atoms with Gasteiger partial charge in [-0.15, -0.1) is 0 Å². The van der Waals surface area contributed by atoms with Gasteiger partial charge in [0.25, 0.3) is 0 Å². The lowest BCUT2D eigenvalue weighted by Gasteiger charge is -2.34. The molecule has 0 aliphatic heterocycles. The molecule has 0 aliphatic rings. The molecule has 0 aromatic heterocycles. The second kappa shape index (κ2) is 26.7. The zero-order valence-corrected chi connectivity index (χ0v) is 27.2. The fourth-order valence-corrected chi connectivity index (χ4v) is 4.81. The molecular weight excluding hydrogens is 610 g/mol. The summed E-state index contributed by atoms with van der Waals surface area (Å²) < 4.78 is 60.2. The molecule has 0 aliphatic carbocycles. The standard InChI is InChI=1S/C30H51N3O11S/c1-2-16-42-25-30(26-43-19-8-14-34,27-44-20-9-15-35)33-29(36)31-12-6-17-39-21-23-41-24-22-40-18-7-13-32-45(37,38)28-10-4-3-5-11-28/h3-5,10-11,14-15,32H,2,6-9,12-13,16-27H2,1H3,(H2,31,33,36). The number of ether oxygens (including phenoxy) is 6. The quantitative estimate of drug-likeness (QED) is 0.0776. The zero-order chi connectivity index (χ0) is 32.9. The monoisotopic (exact) mass is 661 g/mol. The summed E-state index contributed by atoms with van der Waals surface area (Å²) in [5.41, 5.74) is -0.998. The molecule has 0 saturated heterocycles. The minimum Gasteiger partial charge on any atom is -0.379 e. The van der Waals surface area contributed by atoms with Crippen LogP contribution in [0.3, 0.4) is 0 Å². The molecule has 1 aromatic rings. The topological polar surface area (TPSA) is 177 Å². The Morgan fingerprint density at radius 3 is 1.76 bits per heavy atom. The molecule has 3 N–H and O–H groups in total. The highest BCUT2D eigenvalue weighted by Crippen LogP contribution is 2.10. The van der Waals surface area contributed by atoms with Crippen LogP contribution in [-0.4, -0.2) is 125 Å². The molecule has 14 nitrogen and oxygen atoms in total. The highest BCUT2D eigenvalue weighted by atomic mass is 32.2. The van der Waals surface area contributed by atoms with Gasteiger partial charge in [-0.1, -0.05) is 25.1 Å². The minimum atomic E-state index is -3.50. The van der Waals surface area contributed by atoms with Crippen molar-refractivity contribution in [3.63, 3.8) is 0 Å². The number of amides is 2. The van der Waals surface area contributed by atoms with E-state index < -0.39 is 21.6 Å². The molecular formula is C30H51N3O11S. The summed E-state index contributed by atoms with van der Waals surface area (Å²) >= 11 is 0. The van der Waals surface area contributed by atoms with Crippen LogP contribution >= 0.6 is 0 Å². The maximum Gasteiger partial charge on any atom is 0.315 e. The zero-order valence-electron chi connectivity index (χ0n) is 26.4. The number of carbonyl (C=O) groups is 3. The third-order valence-electron chi connectivity index (χ3n) is 5.93. The number of hydrogen-bond acceptors (Lipinski definition) is 11. The van der Waals surface area contributed by atoms with Gasteiger partial charge in [0.05, 0.1) is 64.4 Å². The van der Waals surface area contributed by atoms with E-state index in [2.05, 4.69) is 15.4 Å². The van der Waals surface area contributed by atoms with Gasteiger partial charge in [0.1, 0.15) is 18.1 Å². The van der Waals surface area contributed by atoms with E-state index in [9.17, 15) is 22.8 Å². The average molecular weight is 662 g/mol. The Kier molecular flexibility index (Phi) is 24.0. The number of benzene rings is 1. The van der Waals surface area contributed by atoms with Gasteiger partial charge in [-0.2, -0.15) is 0 Å². The minimum absolute atomic E-state index is 0.0729. The van der Waals surface area contributed by atoms with Crippen molar-refractivity contribution in [2.24, 2.45) is 0 Å². The van der Waals surface area contributed by atoms with Crippen LogP contribution in [0, 0.1) is 0 Å². The van der Waals surface area contributed by atoms with E-state index in [-0.39, 0.29) is 57.3 Å². The van der Waals surface area contributed by atoms with Crippen LogP contribution in [0.25, 0.3) is 0 Å². The van der Waals surface area contributed by atoms with Gasteiger partial charge in [0.2, 0.25) is 10.0 Å². The third-order valence-corrected chi connectivity index (χ3v) is 7.41. The molecule has 2 amide bonds. The lowest BCUT2D eigenvalue weighted by atomic mass is 10.0. The Hall–Kier alpha value is -2.50. The van der Waals surface area contributed by atoms with Crippen molar-refractivity contribution in [3.05, 3.63) is 30.3 Å². The van der Waals surface area contributed by atoms with Gasteiger partial charge in [-0.25, -0.2) is 17.9 Å². The number of carbonyl (C=O) groups excluding carboxylic acids is 3. The van der Waals surface area contributed by atoms with Crippen LogP contribution < -0.4 is 15.4 Å². The van der Waals surface area contributed by atoms with Gasteiger partial charge in [0.15, 0.2) is 0 Å². The Morgan fingerprint density at radius 1 is 0.711 bits per heavy atom. The first-order chi connectivity index (χ1) is 21.9. The van der Waals surface area contributed by atoms with Crippen molar-refractivity contribution in [3.8, 4) is 0 Å². The normalized spacial score (nSPS) is 11.8. The molecule has 0 spiro atoms. The molecule has 1 aromatic carbocycles. The molecule has 0 radical (unpaired) electrons. The largest absolute Gasteiger partial charge is 0.379 e. The first-order valence-electron chi connectivity index (χ1n) is 15.3. The summed E-state index contributed by atoms with van der Waals surface area (Å²) in [5, 5.41) is 5.69. The Labute approximate surface area is 267 Å². The van der Waals surface area contributed by atoms with Gasteiger partial charge >= 0.3 is 6.03 Å². The number of nitrogens with one attached hydrogen (secondary N) is 3. The summed E-state index contributed by atoms with van der Waals surface area (Å²) in [6.45, 7) is 6.19. The average Bonchev–Trinajstić information content (AvgIpc) is 3.04. The summed E-state index contributed by atoms with van der Waals surface area (Å²) in [4.78, 5) is 34.2. The van der Waals surface area contributed by atoms with E-state index >= 15 is 0 Å². The summed E-state index contributed by atoms with van der Waals surface area (Å²) in [5.74, 6) is 0. The fourth-order valence-electron chi connectivity index (χ4n) is 3.71. The SMILES string of the molecule is CCCOCC(COCCC=O)(COCCC=O)NC(=O)NCCCOCCOCCOCCCNS(=O)(=O)c1ccccc1. The van der Waals surface area contributed by atoms with Crippen molar-refractivity contribution in [2.75, 3.05) is 92.4 Å². The van der Waals surface area contributed by atoms with E-state index in [1.165, 1.54) is 0 Å². The molecule has 0 unspecified atom stereocenters. The van der Waals surface area contributed by atoms with E-state index in [0.29, 0.717) is 65.6 Å². The number of hydrogen-bond donors (Lipinski definition) is 3. The van der Waals surface area contributed by atoms with Gasteiger partial charge in [-0.3, -0.25) is 0 Å². The predicted molar refractivity (Wildman–Crippen MR) is 167 cm³/mol. The van der Waals surface area contributed by atoms with E-state index in [0.717, 1.165) is 19.0 Å². The molecule has 0 heterocycles. The smallest absolute Gasteiger partial charge is 0.315 e. The molecule has 45 heavy (non-hydrogen) atoms. The molecule has 0 fully saturated rings. The maximum absolute atomic E-state index is 12.7. The summed E-state index contributed by atoms with van der Waals surface area (Å²) in [7, 11) is -3.50. The van der Waals surface area contributed by atoms with Crippen LogP contribution in [0.4, 0.5) is 4.79 Å². The molecule has 0 bridgehead atoms. The second-order valence-corrected chi connectivity index (χ2v) is 11.8. The lowest BCUT2D eigenvalue weighted by molar-refractivity contribution is -0.109. The van der Waals surface area contributed by atoms with E-state index in [1.807, 2.05) is 6.92 Å². The van der Waals surface area contributed by atoms with Crippen LogP contribution in [-0.2, 0) is 48.0 Å². The van der Waals surface area contributed by atoms with Crippen molar-refractivity contribution in [1.29, 1.82) is 0 Å². The van der Waals surface area contributed by atoms with Crippen LogP contribution in [0.1, 0.15) is 39.0 Å². The Morgan fingerprint density at radius 2 is 1.22 bits per heavy atom. The molecule has 258 valence electrons. The second-order valence-electron chi connectivity index (χ2n) is 9.98. The van der Waals surface area contributed by atoms with Gasteiger partial charge < -0.3 is 48.6 Å². The summed E-state index contributed by atoms with van der Waals surface area (Å²) in [6, 6.07) is 7.78. The number of rotatable bonds is 31. The van der Waals surface area contributed by atoms with Gasteiger partial charge in [-0.05, 0) is 31.4 Å².